The van der Waals surface area contributed by atoms with Gasteiger partial charge in [0.25, 0.3) is 6.43 Å². The highest BCUT2D eigenvalue weighted by Crippen LogP contribution is 2.36. The van der Waals surface area contributed by atoms with Gasteiger partial charge in [0.05, 0.1) is 6.54 Å². The minimum absolute atomic E-state index is 0.0254. The zero-order chi connectivity index (χ0) is 13.8. The Hall–Kier alpha value is -0.520. The lowest BCUT2D eigenvalue weighted by atomic mass is 9.86. The van der Waals surface area contributed by atoms with Crippen molar-refractivity contribution in [1.82, 2.24) is 4.90 Å². The molecule has 1 amide bonds. The maximum Gasteiger partial charge on any atom is 0.255 e. The van der Waals surface area contributed by atoms with E-state index in [1.54, 1.807) is 0 Å². The number of halogens is 5. The van der Waals surface area contributed by atoms with E-state index in [0.717, 1.165) is 4.90 Å². The Bertz CT molecular complexity index is 278. The summed E-state index contributed by atoms with van der Waals surface area (Å²) in [7, 11) is 0. The molecular weight excluding hydrogens is 274 g/mol. The molecule has 0 aromatic carbocycles. The molecule has 1 aliphatic carbocycles. The van der Waals surface area contributed by atoms with Crippen LogP contribution in [0.5, 0.6) is 0 Å². The van der Waals surface area contributed by atoms with Crippen LogP contribution in [-0.4, -0.2) is 42.1 Å². The normalized spacial score (nSPS) is 20.1. The van der Waals surface area contributed by atoms with Gasteiger partial charge in [-0.1, -0.05) is 0 Å². The number of rotatable bonds is 5. The summed E-state index contributed by atoms with van der Waals surface area (Å²) in [6.45, 7) is -0.657. The van der Waals surface area contributed by atoms with Crippen LogP contribution in [0, 0.1) is 5.92 Å². The molecule has 2 nitrogen and oxygen atoms in total. The van der Waals surface area contributed by atoms with E-state index in [1.165, 1.54) is 0 Å². The summed E-state index contributed by atoms with van der Waals surface area (Å²) in [5.41, 5.74) is 0. The molecule has 1 rings (SSSR count). The van der Waals surface area contributed by atoms with Crippen molar-refractivity contribution in [2.24, 2.45) is 5.92 Å². The van der Waals surface area contributed by atoms with Gasteiger partial charge in [0.2, 0.25) is 11.8 Å². The molecule has 0 N–H and O–H groups in total. The van der Waals surface area contributed by atoms with Gasteiger partial charge in [0, 0.05) is 31.2 Å². The predicted octanol–water partition coefficient (Wildman–Crippen LogP) is 3.14. The maximum absolute atomic E-state index is 12.9. The number of carbonyl (C=O) groups excluding carboxylic acids is 1. The lowest BCUT2D eigenvalue weighted by Crippen LogP contribution is -2.42. The van der Waals surface area contributed by atoms with Gasteiger partial charge in [-0.05, 0) is 12.8 Å². The van der Waals surface area contributed by atoms with Crippen LogP contribution < -0.4 is 0 Å². The number of hydrogen-bond donors (Lipinski definition) is 0. The molecule has 1 fully saturated rings. The molecule has 0 aromatic heterocycles. The van der Waals surface area contributed by atoms with Crippen molar-refractivity contribution in [3.63, 3.8) is 0 Å². The molecular formula is C11H16ClF4NO. The first-order valence-electron chi connectivity index (χ1n) is 5.86. The monoisotopic (exact) mass is 289 g/mol. The lowest BCUT2D eigenvalue weighted by molar-refractivity contribution is -0.141. The third-order valence-corrected chi connectivity index (χ3v) is 3.26. The minimum Gasteiger partial charge on any atom is -0.336 e. The van der Waals surface area contributed by atoms with Gasteiger partial charge in [-0.15, -0.1) is 11.6 Å². The summed E-state index contributed by atoms with van der Waals surface area (Å²) in [5, 5.41) is 0. The highest BCUT2D eigenvalue weighted by atomic mass is 35.5. The third-order valence-electron chi connectivity index (χ3n) is 3.09. The van der Waals surface area contributed by atoms with Crippen LogP contribution in [0.15, 0.2) is 0 Å². The van der Waals surface area contributed by atoms with Crippen LogP contribution in [-0.2, 0) is 4.79 Å². The van der Waals surface area contributed by atoms with Crippen molar-refractivity contribution in [2.75, 3.05) is 19.0 Å². The fourth-order valence-electron chi connectivity index (χ4n) is 2.11. The standard InChI is InChI=1S/C11H16ClF4NO/c12-5-6-17(7-9(13)14)10(18)8-1-3-11(15,16)4-2-8/h8-9H,1-7H2. The molecule has 18 heavy (non-hydrogen) atoms. The molecule has 0 aliphatic heterocycles. The largest absolute Gasteiger partial charge is 0.336 e. The van der Waals surface area contributed by atoms with Crippen LogP contribution in [0.1, 0.15) is 25.7 Å². The van der Waals surface area contributed by atoms with Gasteiger partial charge in [0.1, 0.15) is 0 Å². The third kappa shape index (κ3) is 4.63. The molecule has 7 heteroatoms. The van der Waals surface area contributed by atoms with E-state index in [2.05, 4.69) is 0 Å². The van der Waals surface area contributed by atoms with Gasteiger partial charge in [-0.3, -0.25) is 4.79 Å². The fourth-order valence-corrected chi connectivity index (χ4v) is 2.31. The Kier molecular flexibility index (Phi) is 5.69. The van der Waals surface area contributed by atoms with Crippen LogP contribution in [0.2, 0.25) is 0 Å². The Labute approximate surface area is 108 Å². The second-order valence-corrected chi connectivity index (χ2v) is 4.87. The first-order valence-corrected chi connectivity index (χ1v) is 6.40. The summed E-state index contributed by atoms with van der Waals surface area (Å²) in [6, 6.07) is 0. The van der Waals surface area contributed by atoms with Crippen molar-refractivity contribution in [3.05, 3.63) is 0 Å². The van der Waals surface area contributed by atoms with Crippen molar-refractivity contribution >= 4 is 17.5 Å². The topological polar surface area (TPSA) is 20.3 Å². The van der Waals surface area contributed by atoms with Crippen molar-refractivity contribution in [2.45, 2.75) is 38.0 Å². The number of amides is 1. The van der Waals surface area contributed by atoms with Crippen LogP contribution in [0.25, 0.3) is 0 Å². The molecule has 1 aliphatic rings. The number of nitrogens with zero attached hydrogens (tertiary/aromatic N) is 1. The average molecular weight is 290 g/mol. The Balaban J connectivity index is 2.55. The Morgan fingerprint density at radius 2 is 1.89 bits per heavy atom. The van der Waals surface area contributed by atoms with Crippen molar-refractivity contribution < 1.29 is 22.4 Å². The molecule has 0 atom stereocenters. The second kappa shape index (κ2) is 6.59. The molecule has 0 heterocycles. The second-order valence-electron chi connectivity index (χ2n) is 4.49. The lowest BCUT2D eigenvalue weighted by Gasteiger charge is -2.31. The Morgan fingerprint density at radius 1 is 1.33 bits per heavy atom. The molecule has 0 radical (unpaired) electrons. The van der Waals surface area contributed by atoms with Gasteiger partial charge < -0.3 is 4.90 Å². The first-order chi connectivity index (χ1) is 8.35. The van der Waals surface area contributed by atoms with Gasteiger partial charge in [0.15, 0.2) is 0 Å². The summed E-state index contributed by atoms with van der Waals surface area (Å²) >= 11 is 5.45. The quantitative estimate of drug-likeness (QED) is 0.562. The zero-order valence-corrected chi connectivity index (χ0v) is 10.6. The molecule has 106 valence electrons. The van der Waals surface area contributed by atoms with E-state index < -0.39 is 30.7 Å². The van der Waals surface area contributed by atoms with E-state index in [0.29, 0.717) is 0 Å². The average Bonchev–Trinajstić information content (AvgIpc) is 2.27. The molecule has 0 saturated heterocycles. The first kappa shape index (κ1) is 15.5. The molecule has 0 spiro atoms. The summed E-state index contributed by atoms with van der Waals surface area (Å²) < 4.78 is 50.5. The van der Waals surface area contributed by atoms with Gasteiger partial charge in [-0.2, -0.15) is 0 Å². The summed E-state index contributed by atoms with van der Waals surface area (Å²) in [6.07, 6.45) is -3.25. The smallest absolute Gasteiger partial charge is 0.255 e. The highest BCUT2D eigenvalue weighted by Gasteiger charge is 2.38. The molecule has 1 saturated carbocycles. The highest BCUT2D eigenvalue weighted by molar-refractivity contribution is 6.18. The van der Waals surface area contributed by atoms with Gasteiger partial charge >= 0.3 is 0 Å². The SMILES string of the molecule is O=C(C1CCC(F)(F)CC1)N(CCCl)CC(F)F. The van der Waals surface area contributed by atoms with Crippen LogP contribution >= 0.6 is 11.6 Å². The number of carbonyl (C=O) groups is 1. The number of alkyl halides is 5. The van der Waals surface area contributed by atoms with Gasteiger partial charge in [-0.25, -0.2) is 17.6 Å². The van der Waals surface area contributed by atoms with E-state index in [9.17, 15) is 22.4 Å². The maximum atomic E-state index is 12.9. The van der Waals surface area contributed by atoms with Crippen molar-refractivity contribution in [1.29, 1.82) is 0 Å². The van der Waals surface area contributed by atoms with E-state index >= 15 is 0 Å². The van der Waals surface area contributed by atoms with Crippen molar-refractivity contribution in [3.8, 4) is 0 Å². The van der Waals surface area contributed by atoms with E-state index in [-0.39, 0.29) is 38.1 Å². The van der Waals surface area contributed by atoms with E-state index in [1.807, 2.05) is 0 Å². The number of hydrogen-bond acceptors (Lipinski definition) is 1. The summed E-state index contributed by atoms with van der Waals surface area (Å²) in [4.78, 5) is 12.9. The zero-order valence-electron chi connectivity index (χ0n) is 9.85. The fraction of sp³-hybridized carbons (Fsp3) is 0.909. The summed E-state index contributed by atoms with van der Waals surface area (Å²) in [5.74, 6) is -3.73. The Morgan fingerprint density at radius 3 is 2.33 bits per heavy atom. The molecule has 0 unspecified atom stereocenters. The van der Waals surface area contributed by atoms with E-state index in [4.69, 9.17) is 11.6 Å². The predicted molar refractivity (Wildman–Crippen MR) is 60.2 cm³/mol. The van der Waals surface area contributed by atoms with Crippen LogP contribution in [0.4, 0.5) is 17.6 Å². The molecule has 0 bridgehead atoms. The minimum atomic E-state index is -2.73. The van der Waals surface area contributed by atoms with Crippen LogP contribution in [0.3, 0.4) is 0 Å². The molecule has 0 aromatic rings.